The second-order valence-corrected chi connectivity index (χ2v) is 8.70. The highest BCUT2D eigenvalue weighted by molar-refractivity contribution is 5.92. The van der Waals surface area contributed by atoms with Gasteiger partial charge in [-0.25, -0.2) is 9.37 Å². The molecule has 0 radical (unpaired) electrons. The molecule has 0 bridgehead atoms. The summed E-state index contributed by atoms with van der Waals surface area (Å²) in [4.78, 5) is 40.2. The number of aromatic amines is 1. The Balaban J connectivity index is 1.32. The van der Waals surface area contributed by atoms with Crippen LogP contribution in [0.15, 0.2) is 35.4 Å². The zero-order valence-corrected chi connectivity index (χ0v) is 18.8. The highest BCUT2D eigenvalue weighted by Gasteiger charge is 2.43. The Bertz CT molecular complexity index is 1260. The molecule has 33 heavy (non-hydrogen) atoms. The molecule has 3 aromatic heterocycles. The Kier molecular flexibility index (Phi) is 5.57. The summed E-state index contributed by atoms with van der Waals surface area (Å²) in [5.74, 6) is -0.712. The smallest absolute Gasteiger partial charge is 0.269 e. The molecule has 0 unspecified atom stereocenters. The number of carbonyl (C=O) groups excluding carboxylic acids is 1. The first-order valence-corrected chi connectivity index (χ1v) is 11.4. The van der Waals surface area contributed by atoms with Crippen molar-refractivity contribution >= 4 is 22.6 Å². The van der Waals surface area contributed by atoms with Crippen molar-refractivity contribution in [2.45, 2.75) is 44.8 Å². The van der Waals surface area contributed by atoms with Crippen LogP contribution in [-0.2, 0) is 13.0 Å². The number of carbonyl (C=O) groups is 1. The van der Waals surface area contributed by atoms with E-state index >= 15 is 0 Å². The summed E-state index contributed by atoms with van der Waals surface area (Å²) in [6.45, 7) is 4.18. The molecule has 0 spiro atoms. The summed E-state index contributed by atoms with van der Waals surface area (Å²) < 4.78 is 14.6. The van der Waals surface area contributed by atoms with E-state index in [4.69, 9.17) is 0 Å². The molecule has 0 aromatic carbocycles. The van der Waals surface area contributed by atoms with E-state index in [2.05, 4.69) is 30.1 Å². The van der Waals surface area contributed by atoms with Gasteiger partial charge in [-0.1, -0.05) is 6.92 Å². The maximum atomic E-state index is 14.6. The van der Waals surface area contributed by atoms with Gasteiger partial charge in [0.1, 0.15) is 11.2 Å². The number of amides is 1. The standard InChI is InChI=1S/C24H27FN6O2/c1-3-16-21(25)22-18(29-23(16)32)10-14(11-28-22)13-30-8-9-31(20-7-6-19(20)30)15-4-5-17(27-12-15)24(33)26-2/h4-5,10-12,19-20H,3,6-9,13H2,1-2H3,(H,26,33)(H,29,32)/t19-,20+/m0/s1. The van der Waals surface area contributed by atoms with E-state index in [0.29, 0.717) is 36.3 Å². The number of pyridine rings is 3. The molecule has 2 fully saturated rings. The van der Waals surface area contributed by atoms with Crippen LogP contribution in [0.4, 0.5) is 10.1 Å². The lowest BCUT2D eigenvalue weighted by Gasteiger charge is -2.54. The molecule has 2 atom stereocenters. The predicted molar refractivity (Wildman–Crippen MR) is 124 cm³/mol. The van der Waals surface area contributed by atoms with E-state index in [1.165, 1.54) is 0 Å². The number of anilines is 1. The molecule has 3 aromatic rings. The number of halogens is 1. The average molecular weight is 451 g/mol. The number of nitrogens with zero attached hydrogens (tertiary/aromatic N) is 4. The molecular formula is C24H27FN6O2. The van der Waals surface area contributed by atoms with Crippen LogP contribution in [0.2, 0.25) is 0 Å². The van der Waals surface area contributed by atoms with E-state index in [-0.39, 0.29) is 22.5 Å². The molecular weight excluding hydrogens is 423 g/mol. The zero-order valence-electron chi connectivity index (χ0n) is 18.8. The number of hydrogen-bond donors (Lipinski definition) is 2. The van der Waals surface area contributed by atoms with Crippen molar-refractivity contribution in [3.63, 3.8) is 0 Å². The topological polar surface area (TPSA) is 94.2 Å². The number of nitrogens with one attached hydrogen (secondary N) is 2. The molecule has 2 aliphatic rings. The van der Waals surface area contributed by atoms with Crippen molar-refractivity contribution in [3.05, 3.63) is 63.6 Å². The third-order valence-corrected chi connectivity index (χ3v) is 6.92. The van der Waals surface area contributed by atoms with Crippen LogP contribution >= 0.6 is 0 Å². The van der Waals surface area contributed by atoms with Crippen molar-refractivity contribution in [2.75, 3.05) is 25.0 Å². The van der Waals surface area contributed by atoms with Crippen LogP contribution in [0.1, 0.15) is 41.4 Å². The summed E-state index contributed by atoms with van der Waals surface area (Å²) in [5.41, 5.74) is 2.82. The number of H-pyrrole nitrogens is 1. The Morgan fingerprint density at radius 1 is 1.21 bits per heavy atom. The third kappa shape index (κ3) is 3.76. The van der Waals surface area contributed by atoms with E-state index in [9.17, 15) is 14.0 Å². The molecule has 172 valence electrons. The van der Waals surface area contributed by atoms with E-state index in [0.717, 1.165) is 37.2 Å². The molecule has 1 saturated heterocycles. The Morgan fingerprint density at radius 2 is 2.03 bits per heavy atom. The van der Waals surface area contributed by atoms with Gasteiger partial charge in [0.25, 0.3) is 11.5 Å². The Labute approximate surface area is 190 Å². The predicted octanol–water partition coefficient (Wildman–Crippen LogP) is 2.23. The van der Waals surface area contributed by atoms with E-state index in [1.807, 2.05) is 12.1 Å². The summed E-state index contributed by atoms with van der Waals surface area (Å²) in [7, 11) is 1.59. The molecule has 8 nitrogen and oxygen atoms in total. The number of hydrogen-bond acceptors (Lipinski definition) is 6. The van der Waals surface area contributed by atoms with Gasteiger partial charge in [0.15, 0.2) is 5.82 Å². The zero-order chi connectivity index (χ0) is 23.1. The first-order valence-electron chi connectivity index (χ1n) is 11.4. The second kappa shape index (κ2) is 8.55. The second-order valence-electron chi connectivity index (χ2n) is 8.70. The lowest BCUT2D eigenvalue weighted by Crippen LogP contribution is -2.64. The fraction of sp³-hybridized carbons (Fsp3) is 0.417. The minimum atomic E-state index is -0.522. The molecule has 2 N–H and O–H groups in total. The van der Waals surface area contributed by atoms with Crippen molar-refractivity contribution in [1.29, 1.82) is 0 Å². The minimum Gasteiger partial charge on any atom is -0.364 e. The van der Waals surface area contributed by atoms with Gasteiger partial charge in [-0.05, 0) is 43.0 Å². The van der Waals surface area contributed by atoms with Crippen molar-refractivity contribution < 1.29 is 9.18 Å². The van der Waals surface area contributed by atoms with Gasteiger partial charge >= 0.3 is 0 Å². The molecule has 1 aliphatic heterocycles. The quantitative estimate of drug-likeness (QED) is 0.619. The van der Waals surface area contributed by atoms with Gasteiger partial charge in [-0.15, -0.1) is 0 Å². The van der Waals surface area contributed by atoms with Gasteiger partial charge in [0.2, 0.25) is 0 Å². The normalized spacial score (nSPS) is 20.4. The van der Waals surface area contributed by atoms with Gasteiger partial charge in [-0.3, -0.25) is 19.5 Å². The molecule has 1 amide bonds. The van der Waals surface area contributed by atoms with Crippen molar-refractivity contribution in [1.82, 2.24) is 25.2 Å². The van der Waals surface area contributed by atoms with Crippen LogP contribution in [-0.4, -0.2) is 58.0 Å². The lowest BCUT2D eigenvalue weighted by molar-refractivity contribution is 0.0658. The highest BCUT2D eigenvalue weighted by atomic mass is 19.1. The summed E-state index contributed by atoms with van der Waals surface area (Å²) in [6, 6.07) is 6.37. The monoisotopic (exact) mass is 450 g/mol. The van der Waals surface area contributed by atoms with Crippen LogP contribution < -0.4 is 15.8 Å². The Morgan fingerprint density at radius 3 is 2.70 bits per heavy atom. The fourth-order valence-corrected chi connectivity index (χ4v) is 5.01. The van der Waals surface area contributed by atoms with Crippen LogP contribution in [0.3, 0.4) is 0 Å². The number of rotatable bonds is 5. The van der Waals surface area contributed by atoms with Gasteiger partial charge in [-0.2, -0.15) is 0 Å². The first-order chi connectivity index (χ1) is 16.0. The minimum absolute atomic E-state index is 0.147. The van der Waals surface area contributed by atoms with Crippen molar-refractivity contribution in [3.8, 4) is 0 Å². The molecule has 1 saturated carbocycles. The first kappa shape index (κ1) is 21.5. The van der Waals surface area contributed by atoms with Crippen molar-refractivity contribution in [2.24, 2.45) is 0 Å². The molecule has 9 heteroatoms. The fourth-order valence-electron chi connectivity index (χ4n) is 5.01. The molecule has 5 rings (SSSR count). The molecule has 1 aliphatic carbocycles. The SMILES string of the molecule is CCc1c(F)c2ncc(CN3CCN(c4ccc(C(=O)NC)nc4)[C@@H]4CC[C@@H]43)cc2[nH]c1=O. The third-order valence-electron chi connectivity index (χ3n) is 6.92. The van der Waals surface area contributed by atoms with Gasteiger partial charge < -0.3 is 15.2 Å². The maximum absolute atomic E-state index is 14.6. The van der Waals surface area contributed by atoms with Crippen LogP contribution in [0.25, 0.3) is 11.0 Å². The highest BCUT2D eigenvalue weighted by Crippen LogP contribution is 2.37. The lowest BCUT2D eigenvalue weighted by atomic mass is 9.81. The van der Waals surface area contributed by atoms with E-state index < -0.39 is 5.82 Å². The number of fused-ring (bicyclic) bond motifs is 2. The van der Waals surface area contributed by atoms with Crippen LogP contribution in [0, 0.1) is 5.82 Å². The van der Waals surface area contributed by atoms with Gasteiger partial charge in [0.05, 0.1) is 23.0 Å². The summed E-state index contributed by atoms with van der Waals surface area (Å²) >= 11 is 0. The summed E-state index contributed by atoms with van der Waals surface area (Å²) in [5, 5.41) is 2.59. The number of aromatic nitrogens is 3. The Hall–Kier alpha value is -3.33. The maximum Gasteiger partial charge on any atom is 0.269 e. The van der Waals surface area contributed by atoms with Gasteiger partial charge in [0, 0.05) is 45.0 Å². The summed E-state index contributed by atoms with van der Waals surface area (Å²) in [6.07, 6.45) is 6.03. The number of piperazine rings is 1. The molecule has 4 heterocycles. The van der Waals surface area contributed by atoms with Crippen LogP contribution in [0.5, 0.6) is 0 Å². The average Bonchev–Trinajstić information content (AvgIpc) is 2.79. The van der Waals surface area contributed by atoms with E-state index in [1.54, 1.807) is 32.4 Å². The largest absolute Gasteiger partial charge is 0.364 e.